The van der Waals surface area contributed by atoms with E-state index >= 15 is 0 Å². The van der Waals surface area contributed by atoms with Gasteiger partial charge in [0, 0.05) is 18.5 Å². The minimum Gasteiger partial charge on any atom is -0.357 e. The largest absolute Gasteiger partial charge is 0.357 e. The molecule has 4 heteroatoms. The number of rotatable bonds is 3. The Bertz CT molecular complexity index is 495. The third-order valence-electron chi connectivity index (χ3n) is 2.64. The number of fused-ring (bicyclic) bond motifs is 1. The summed E-state index contributed by atoms with van der Waals surface area (Å²) in [5.41, 5.74) is 0.776. The maximum Gasteiger partial charge on any atom is 0.139 e. The molecule has 0 aliphatic carbocycles. The van der Waals surface area contributed by atoms with Crippen LogP contribution in [-0.2, 0) is 0 Å². The van der Waals surface area contributed by atoms with Crippen LogP contribution in [0.25, 0.3) is 10.9 Å². The monoisotopic (exact) mass is 219 g/mol. The average molecular weight is 219 g/mol. The van der Waals surface area contributed by atoms with Gasteiger partial charge in [0.2, 0.25) is 0 Å². The molecule has 0 aliphatic rings. The van der Waals surface area contributed by atoms with Gasteiger partial charge in [-0.05, 0) is 32.0 Å². The van der Waals surface area contributed by atoms with Crippen molar-refractivity contribution in [3.63, 3.8) is 0 Å². The van der Waals surface area contributed by atoms with Gasteiger partial charge < -0.3 is 4.90 Å². The molecule has 84 valence electrons. The van der Waals surface area contributed by atoms with Crippen molar-refractivity contribution in [2.75, 3.05) is 18.0 Å². The molecule has 0 fully saturated rings. The molecule has 0 spiro atoms. The van der Waals surface area contributed by atoms with Crippen molar-refractivity contribution < 1.29 is 4.39 Å². The average Bonchev–Trinajstić information content (AvgIpc) is 2.31. The fourth-order valence-corrected chi connectivity index (χ4v) is 1.79. The molecule has 0 saturated heterocycles. The molecule has 0 radical (unpaired) electrons. The Morgan fingerprint density at radius 2 is 1.94 bits per heavy atom. The molecule has 1 aromatic heterocycles. The molecule has 3 nitrogen and oxygen atoms in total. The van der Waals surface area contributed by atoms with Crippen molar-refractivity contribution in [1.29, 1.82) is 0 Å². The van der Waals surface area contributed by atoms with E-state index < -0.39 is 0 Å². The number of hydrogen-bond acceptors (Lipinski definition) is 3. The van der Waals surface area contributed by atoms with Crippen molar-refractivity contribution in [3.8, 4) is 0 Å². The van der Waals surface area contributed by atoms with Gasteiger partial charge in [-0.3, -0.25) is 0 Å². The number of aromatic nitrogens is 2. The molecule has 1 aromatic carbocycles. The molecule has 0 saturated carbocycles. The van der Waals surface area contributed by atoms with E-state index in [-0.39, 0.29) is 5.82 Å². The zero-order chi connectivity index (χ0) is 11.5. The van der Waals surface area contributed by atoms with Gasteiger partial charge in [0.05, 0.1) is 5.52 Å². The van der Waals surface area contributed by atoms with E-state index in [0.717, 1.165) is 29.8 Å². The highest BCUT2D eigenvalue weighted by Crippen LogP contribution is 2.23. The summed E-state index contributed by atoms with van der Waals surface area (Å²) < 4.78 is 13.2. The molecule has 0 bridgehead atoms. The molecule has 0 unspecified atom stereocenters. The molecule has 0 amide bonds. The van der Waals surface area contributed by atoms with Crippen LogP contribution in [0, 0.1) is 5.82 Å². The van der Waals surface area contributed by atoms with Crippen molar-refractivity contribution in [2.24, 2.45) is 0 Å². The number of hydrogen-bond donors (Lipinski definition) is 0. The van der Waals surface area contributed by atoms with Crippen molar-refractivity contribution in [2.45, 2.75) is 13.8 Å². The normalized spacial score (nSPS) is 10.7. The summed E-state index contributed by atoms with van der Waals surface area (Å²) in [6, 6.07) is 4.59. The fourth-order valence-electron chi connectivity index (χ4n) is 1.79. The van der Waals surface area contributed by atoms with Gasteiger partial charge in [-0.1, -0.05) is 0 Å². The van der Waals surface area contributed by atoms with Gasteiger partial charge in [0.25, 0.3) is 0 Å². The van der Waals surface area contributed by atoms with E-state index in [0.29, 0.717) is 0 Å². The first-order valence-corrected chi connectivity index (χ1v) is 5.41. The summed E-state index contributed by atoms with van der Waals surface area (Å²) in [6.45, 7) is 5.80. The van der Waals surface area contributed by atoms with Crippen molar-refractivity contribution in [1.82, 2.24) is 9.97 Å². The third kappa shape index (κ3) is 1.83. The molecule has 16 heavy (non-hydrogen) atoms. The minimum atomic E-state index is -0.254. The van der Waals surface area contributed by atoms with Crippen LogP contribution in [0.5, 0.6) is 0 Å². The first-order valence-electron chi connectivity index (χ1n) is 5.41. The van der Waals surface area contributed by atoms with Crippen LogP contribution < -0.4 is 4.90 Å². The Balaban J connectivity index is 2.64. The lowest BCUT2D eigenvalue weighted by Gasteiger charge is -2.20. The Hall–Kier alpha value is -1.71. The first kappa shape index (κ1) is 10.8. The minimum absolute atomic E-state index is 0.254. The van der Waals surface area contributed by atoms with Gasteiger partial charge >= 0.3 is 0 Å². The molecule has 2 aromatic rings. The van der Waals surface area contributed by atoms with Crippen molar-refractivity contribution >= 4 is 16.7 Å². The van der Waals surface area contributed by atoms with Gasteiger partial charge in [-0.2, -0.15) is 0 Å². The summed E-state index contributed by atoms with van der Waals surface area (Å²) >= 11 is 0. The second-order valence-electron chi connectivity index (χ2n) is 3.53. The molecule has 0 N–H and O–H groups in total. The Morgan fingerprint density at radius 1 is 1.19 bits per heavy atom. The topological polar surface area (TPSA) is 29.0 Å². The zero-order valence-electron chi connectivity index (χ0n) is 9.44. The summed E-state index contributed by atoms with van der Waals surface area (Å²) in [5, 5.41) is 0.770. The number of anilines is 1. The lowest BCUT2D eigenvalue weighted by molar-refractivity contribution is 0.629. The van der Waals surface area contributed by atoms with E-state index in [4.69, 9.17) is 0 Å². The smallest absolute Gasteiger partial charge is 0.139 e. The molecular weight excluding hydrogens is 205 g/mol. The summed E-state index contributed by atoms with van der Waals surface area (Å²) in [7, 11) is 0. The van der Waals surface area contributed by atoms with Gasteiger partial charge in [0.1, 0.15) is 18.0 Å². The number of nitrogens with zero attached hydrogens (tertiary/aromatic N) is 3. The van der Waals surface area contributed by atoms with Crippen LogP contribution in [-0.4, -0.2) is 23.1 Å². The van der Waals surface area contributed by atoms with E-state index in [2.05, 4.69) is 28.7 Å². The summed E-state index contributed by atoms with van der Waals surface area (Å²) in [4.78, 5) is 10.5. The molecular formula is C12H14FN3. The van der Waals surface area contributed by atoms with Gasteiger partial charge in [0.15, 0.2) is 0 Å². The quantitative estimate of drug-likeness (QED) is 0.794. The maximum atomic E-state index is 13.2. The van der Waals surface area contributed by atoms with Crippen LogP contribution in [0.15, 0.2) is 24.5 Å². The molecule has 0 atom stereocenters. The molecule has 1 heterocycles. The van der Waals surface area contributed by atoms with E-state index in [9.17, 15) is 4.39 Å². The maximum absolute atomic E-state index is 13.2. The van der Waals surface area contributed by atoms with Crippen LogP contribution in [0.3, 0.4) is 0 Å². The molecule has 2 rings (SSSR count). The first-order chi connectivity index (χ1) is 7.76. The summed E-state index contributed by atoms with van der Waals surface area (Å²) in [5.74, 6) is 0.546. The van der Waals surface area contributed by atoms with Crippen LogP contribution in [0.4, 0.5) is 10.2 Å². The number of halogens is 1. The Morgan fingerprint density at radius 3 is 2.62 bits per heavy atom. The van der Waals surface area contributed by atoms with E-state index in [1.54, 1.807) is 6.07 Å². The molecule has 0 aliphatic heterocycles. The predicted molar refractivity (Wildman–Crippen MR) is 63.1 cm³/mol. The number of benzene rings is 1. The van der Waals surface area contributed by atoms with E-state index in [1.165, 1.54) is 18.5 Å². The highest BCUT2D eigenvalue weighted by Gasteiger charge is 2.09. The highest BCUT2D eigenvalue weighted by atomic mass is 19.1. The second-order valence-corrected chi connectivity index (χ2v) is 3.53. The lowest BCUT2D eigenvalue weighted by Crippen LogP contribution is -2.23. The Labute approximate surface area is 93.9 Å². The summed E-state index contributed by atoms with van der Waals surface area (Å²) in [6.07, 6.45) is 1.52. The standard InChI is InChI=1S/C12H14FN3/c1-3-16(4-2)12-10-7-9(13)5-6-11(10)14-8-15-12/h5-8H,3-4H2,1-2H3. The second kappa shape index (κ2) is 4.43. The van der Waals surface area contributed by atoms with Crippen molar-refractivity contribution in [3.05, 3.63) is 30.3 Å². The van der Waals surface area contributed by atoms with Gasteiger partial charge in [-0.15, -0.1) is 0 Å². The highest BCUT2D eigenvalue weighted by molar-refractivity contribution is 5.89. The van der Waals surface area contributed by atoms with Crippen LogP contribution >= 0.6 is 0 Å². The van der Waals surface area contributed by atoms with Gasteiger partial charge in [-0.25, -0.2) is 14.4 Å². The Kier molecular flexibility index (Phi) is 2.99. The fraction of sp³-hybridized carbons (Fsp3) is 0.333. The lowest BCUT2D eigenvalue weighted by atomic mass is 10.2. The zero-order valence-corrected chi connectivity index (χ0v) is 9.44. The predicted octanol–water partition coefficient (Wildman–Crippen LogP) is 2.62. The third-order valence-corrected chi connectivity index (χ3v) is 2.64. The SMILES string of the molecule is CCN(CC)c1ncnc2ccc(F)cc12. The van der Waals surface area contributed by atoms with E-state index in [1.807, 2.05) is 0 Å². The van der Waals surface area contributed by atoms with Crippen LogP contribution in [0.1, 0.15) is 13.8 Å². The van der Waals surface area contributed by atoms with Crippen LogP contribution in [0.2, 0.25) is 0 Å².